The molecule has 0 radical (unpaired) electrons. The number of carboxylic acid groups (broad SMARTS) is 1. The van der Waals surface area contributed by atoms with Gasteiger partial charge in [0.15, 0.2) is 22.5 Å². The van der Waals surface area contributed by atoms with Crippen LogP contribution < -0.4 is 16.4 Å². The van der Waals surface area contributed by atoms with Crippen molar-refractivity contribution in [1.82, 2.24) is 15.0 Å². The normalized spacial score (nSPS) is 10.6. The third-order valence-corrected chi connectivity index (χ3v) is 4.44. The second-order valence-corrected chi connectivity index (χ2v) is 7.06. The Morgan fingerprint density at radius 2 is 1.79 bits per heavy atom. The number of nitrogens with two attached hydrogens (primary N) is 1. The number of aliphatic carboxylic acids is 1. The number of nitrogens with zero attached hydrogens (tertiary/aromatic N) is 3. The lowest BCUT2D eigenvalue weighted by atomic mass is 10.1. The topological polar surface area (TPSA) is 143 Å². The number of nitrogens with one attached hydrogen (secondary N) is 2. The summed E-state index contributed by atoms with van der Waals surface area (Å²) in [6.45, 7) is 2.47. The second-order valence-electron chi connectivity index (χ2n) is 6.71. The Kier molecular flexibility index (Phi) is 9.13. The summed E-state index contributed by atoms with van der Waals surface area (Å²) in [6, 6.07) is 11.8. The van der Waals surface area contributed by atoms with Crippen molar-refractivity contribution in [3.8, 4) is 0 Å². The number of aromatic nitrogens is 3. The number of hydrogen-bond acceptors (Lipinski definition) is 7. The van der Waals surface area contributed by atoms with Gasteiger partial charge in [0, 0.05) is 12.7 Å². The van der Waals surface area contributed by atoms with Crippen LogP contribution in [0.1, 0.15) is 21.6 Å². The Bertz CT molecular complexity index is 1150. The van der Waals surface area contributed by atoms with E-state index in [1.165, 1.54) is 5.56 Å². The highest BCUT2D eigenvalue weighted by Gasteiger charge is 2.38. The number of carbonyl (C=O) groups excluding carboxylic acids is 1. The Labute approximate surface area is 197 Å². The van der Waals surface area contributed by atoms with E-state index in [9.17, 15) is 18.0 Å². The molecule has 34 heavy (non-hydrogen) atoms. The fourth-order valence-corrected chi connectivity index (χ4v) is 2.65. The van der Waals surface area contributed by atoms with Gasteiger partial charge in [-0.15, -0.1) is 0 Å². The van der Waals surface area contributed by atoms with E-state index in [-0.39, 0.29) is 16.7 Å². The number of benzene rings is 1. The highest BCUT2D eigenvalue weighted by Crippen LogP contribution is 2.22. The summed E-state index contributed by atoms with van der Waals surface area (Å²) in [5, 5.41) is 13.0. The minimum absolute atomic E-state index is 0.000606. The molecule has 3 rings (SSSR count). The maximum absolute atomic E-state index is 12.4. The number of anilines is 3. The molecule has 0 bridgehead atoms. The molecule has 0 saturated heterocycles. The summed E-state index contributed by atoms with van der Waals surface area (Å²) >= 11 is 6.18. The third-order valence-electron chi connectivity index (χ3n) is 4.17. The van der Waals surface area contributed by atoms with E-state index >= 15 is 0 Å². The van der Waals surface area contributed by atoms with Crippen LogP contribution in [-0.4, -0.2) is 44.7 Å². The summed E-state index contributed by atoms with van der Waals surface area (Å²) in [5.74, 6) is -2.90. The highest BCUT2D eigenvalue weighted by molar-refractivity contribution is 6.32. The molecule has 2 heterocycles. The van der Waals surface area contributed by atoms with Crippen LogP contribution in [0.3, 0.4) is 0 Å². The average molecular weight is 497 g/mol. The first-order valence-electron chi connectivity index (χ1n) is 9.62. The van der Waals surface area contributed by atoms with E-state index in [1.807, 2.05) is 37.3 Å². The summed E-state index contributed by atoms with van der Waals surface area (Å²) in [4.78, 5) is 33.6. The molecule has 1 aromatic carbocycles. The number of carbonyl (C=O) groups is 2. The molecule has 3 aromatic rings. The van der Waals surface area contributed by atoms with Gasteiger partial charge in [-0.3, -0.25) is 9.78 Å². The molecule has 1 amide bonds. The summed E-state index contributed by atoms with van der Waals surface area (Å²) in [7, 11) is 0. The van der Waals surface area contributed by atoms with Crippen molar-refractivity contribution in [2.24, 2.45) is 0 Å². The summed E-state index contributed by atoms with van der Waals surface area (Å²) < 4.78 is 31.7. The zero-order valence-corrected chi connectivity index (χ0v) is 18.5. The van der Waals surface area contributed by atoms with Gasteiger partial charge in [0.1, 0.15) is 0 Å². The van der Waals surface area contributed by atoms with Crippen LogP contribution in [0.4, 0.5) is 30.5 Å². The molecule has 180 valence electrons. The van der Waals surface area contributed by atoms with E-state index in [0.29, 0.717) is 18.1 Å². The van der Waals surface area contributed by atoms with E-state index in [0.717, 1.165) is 12.0 Å². The number of carboxylic acids is 1. The van der Waals surface area contributed by atoms with Crippen LogP contribution in [0.15, 0.2) is 48.8 Å². The van der Waals surface area contributed by atoms with E-state index < -0.39 is 18.1 Å². The van der Waals surface area contributed by atoms with Gasteiger partial charge in [0.05, 0.1) is 11.9 Å². The minimum Gasteiger partial charge on any atom is -0.475 e. The van der Waals surface area contributed by atoms with Crippen LogP contribution in [0.2, 0.25) is 5.15 Å². The van der Waals surface area contributed by atoms with Crippen molar-refractivity contribution in [2.45, 2.75) is 19.5 Å². The lowest BCUT2D eigenvalue weighted by Gasteiger charge is -2.11. The molecule has 0 saturated carbocycles. The van der Waals surface area contributed by atoms with Crippen molar-refractivity contribution in [3.05, 3.63) is 70.8 Å². The highest BCUT2D eigenvalue weighted by atomic mass is 35.5. The monoisotopic (exact) mass is 496 g/mol. The molecule has 0 aliphatic carbocycles. The van der Waals surface area contributed by atoms with Crippen molar-refractivity contribution in [1.29, 1.82) is 0 Å². The molecule has 0 spiro atoms. The lowest BCUT2D eigenvalue weighted by Crippen LogP contribution is -2.21. The number of hydrogen-bond donors (Lipinski definition) is 4. The first-order chi connectivity index (χ1) is 16.0. The minimum atomic E-state index is -5.08. The third kappa shape index (κ3) is 7.89. The Hall–Kier alpha value is -3.93. The SMILES string of the molecule is Cc1ccncc1NC(=O)c1nc(Cl)c(NCCc2ccccc2)nc1N.O=C(O)C(F)(F)F. The molecule has 0 aliphatic rings. The number of rotatable bonds is 6. The summed E-state index contributed by atoms with van der Waals surface area (Å²) in [5.41, 5.74) is 8.52. The van der Waals surface area contributed by atoms with E-state index in [1.54, 1.807) is 18.5 Å². The van der Waals surface area contributed by atoms with Gasteiger partial charge in [-0.05, 0) is 30.5 Å². The van der Waals surface area contributed by atoms with Gasteiger partial charge >= 0.3 is 12.1 Å². The van der Waals surface area contributed by atoms with Crippen LogP contribution in [0.25, 0.3) is 0 Å². The van der Waals surface area contributed by atoms with Crippen LogP contribution in [-0.2, 0) is 11.2 Å². The number of aryl methyl sites for hydroxylation is 1. The quantitative estimate of drug-likeness (QED) is 0.401. The van der Waals surface area contributed by atoms with Crippen molar-refractivity contribution >= 4 is 40.8 Å². The second kappa shape index (κ2) is 11.8. The summed E-state index contributed by atoms with van der Waals surface area (Å²) in [6.07, 6.45) is -1.09. The maximum Gasteiger partial charge on any atom is 0.490 e. The van der Waals surface area contributed by atoms with Crippen LogP contribution in [0, 0.1) is 6.92 Å². The van der Waals surface area contributed by atoms with Crippen molar-refractivity contribution < 1.29 is 27.9 Å². The van der Waals surface area contributed by atoms with Gasteiger partial charge in [-0.25, -0.2) is 14.8 Å². The molecule has 13 heteroatoms. The maximum atomic E-state index is 12.4. The fraction of sp³-hybridized carbons (Fsp3) is 0.190. The van der Waals surface area contributed by atoms with Gasteiger partial charge in [0.25, 0.3) is 5.91 Å². The number of alkyl halides is 3. The van der Waals surface area contributed by atoms with Gasteiger partial charge in [-0.1, -0.05) is 41.9 Å². The molecule has 2 aromatic heterocycles. The number of pyridine rings is 1. The standard InChI is InChI=1S/C19H19ClN6O.C2HF3O2/c1-12-7-9-22-11-14(12)24-19(27)15-17(21)26-18(16(20)25-15)23-10-8-13-5-3-2-4-6-13;3-2(4,5)1(6)7/h2-7,9,11H,8,10H2,1H3,(H,24,27)(H3,21,23,26);(H,6,7). The molecule has 0 unspecified atom stereocenters. The van der Waals surface area contributed by atoms with Crippen molar-refractivity contribution in [2.75, 3.05) is 22.9 Å². The smallest absolute Gasteiger partial charge is 0.475 e. The predicted octanol–water partition coefficient (Wildman–Crippen LogP) is 3.96. The lowest BCUT2D eigenvalue weighted by molar-refractivity contribution is -0.192. The van der Waals surface area contributed by atoms with E-state index in [4.69, 9.17) is 27.2 Å². The largest absolute Gasteiger partial charge is 0.490 e. The predicted molar refractivity (Wildman–Crippen MR) is 121 cm³/mol. The molecule has 0 aliphatic heterocycles. The van der Waals surface area contributed by atoms with E-state index in [2.05, 4.69) is 25.6 Å². The zero-order valence-electron chi connectivity index (χ0n) is 17.7. The van der Waals surface area contributed by atoms with Crippen molar-refractivity contribution in [3.63, 3.8) is 0 Å². The zero-order chi connectivity index (χ0) is 25.3. The molecule has 9 nitrogen and oxygen atoms in total. The average Bonchev–Trinajstić information content (AvgIpc) is 2.78. The van der Waals surface area contributed by atoms with Gasteiger partial charge in [0.2, 0.25) is 0 Å². The van der Waals surface area contributed by atoms with Gasteiger partial charge < -0.3 is 21.5 Å². The van der Waals surface area contributed by atoms with Crippen LogP contribution in [0.5, 0.6) is 0 Å². The molecule has 5 N–H and O–H groups in total. The number of amides is 1. The molecular weight excluding hydrogens is 477 g/mol. The Morgan fingerprint density at radius 3 is 2.38 bits per heavy atom. The number of nitrogen functional groups attached to an aromatic ring is 1. The number of halogens is 4. The molecule has 0 atom stereocenters. The Balaban J connectivity index is 0.000000509. The first kappa shape index (κ1) is 26.3. The molecule has 0 fully saturated rings. The Morgan fingerprint density at radius 1 is 1.15 bits per heavy atom. The first-order valence-corrected chi connectivity index (χ1v) is 9.99. The molecular formula is C21H20ClF3N6O3. The van der Waals surface area contributed by atoms with Crippen LogP contribution >= 0.6 is 11.6 Å². The van der Waals surface area contributed by atoms with Gasteiger partial charge in [-0.2, -0.15) is 13.2 Å². The fourth-order valence-electron chi connectivity index (χ4n) is 2.45.